The van der Waals surface area contributed by atoms with Crippen LogP contribution < -0.4 is 5.32 Å². The lowest BCUT2D eigenvalue weighted by molar-refractivity contribution is -0.130. The molecule has 2 aliphatic carbocycles. The van der Waals surface area contributed by atoms with Crippen molar-refractivity contribution in [1.82, 2.24) is 5.32 Å². The van der Waals surface area contributed by atoms with Crippen molar-refractivity contribution in [3.05, 3.63) is 0 Å². The monoisotopic (exact) mass is 225 g/mol. The van der Waals surface area contributed by atoms with Crippen LogP contribution in [-0.4, -0.2) is 39.0 Å². The van der Waals surface area contributed by atoms with E-state index in [0.717, 1.165) is 25.7 Å². The maximum Gasteiger partial charge on any atom is 0.0690 e. The van der Waals surface area contributed by atoms with E-state index < -0.39 is 0 Å². The molecule has 0 amide bonds. The van der Waals surface area contributed by atoms with Gasteiger partial charge in [-0.15, -0.1) is 0 Å². The lowest BCUT2D eigenvalue weighted by atomic mass is 9.54. The van der Waals surface area contributed by atoms with E-state index in [2.05, 4.69) is 5.32 Å². The molecule has 3 fully saturated rings. The van der Waals surface area contributed by atoms with Crippen molar-refractivity contribution in [3.63, 3.8) is 0 Å². The molecule has 1 N–H and O–H groups in total. The molecular weight excluding hydrogens is 202 g/mol. The molecule has 16 heavy (non-hydrogen) atoms. The number of rotatable bonds is 4. The summed E-state index contributed by atoms with van der Waals surface area (Å²) in [7, 11) is 1.77. The Kier molecular flexibility index (Phi) is 2.94. The van der Waals surface area contributed by atoms with Crippen LogP contribution in [0.1, 0.15) is 32.1 Å². The minimum Gasteiger partial charge on any atom is -0.383 e. The summed E-state index contributed by atoms with van der Waals surface area (Å²) in [5.74, 6) is 0.787. The van der Waals surface area contributed by atoms with Crippen LogP contribution in [0.3, 0.4) is 0 Å². The van der Waals surface area contributed by atoms with Gasteiger partial charge in [0.25, 0.3) is 0 Å². The first kappa shape index (κ1) is 11.0. The average molecular weight is 225 g/mol. The molecule has 0 aromatic carbocycles. The molecule has 3 atom stereocenters. The summed E-state index contributed by atoms with van der Waals surface area (Å²) in [5.41, 5.74) is 0.495. The van der Waals surface area contributed by atoms with Gasteiger partial charge in [-0.05, 0) is 19.3 Å². The summed E-state index contributed by atoms with van der Waals surface area (Å²) in [5, 5.41) is 3.72. The third kappa shape index (κ3) is 1.45. The van der Waals surface area contributed by atoms with Crippen LogP contribution in [0, 0.1) is 11.3 Å². The Labute approximate surface area is 97.9 Å². The largest absolute Gasteiger partial charge is 0.383 e. The molecule has 3 rings (SSSR count). The van der Waals surface area contributed by atoms with E-state index in [1.807, 2.05) is 0 Å². The molecule has 3 nitrogen and oxygen atoms in total. The van der Waals surface area contributed by atoms with Crippen LogP contribution in [0.25, 0.3) is 0 Å². The van der Waals surface area contributed by atoms with Gasteiger partial charge in [-0.3, -0.25) is 0 Å². The van der Waals surface area contributed by atoms with Gasteiger partial charge in [0, 0.05) is 37.6 Å². The van der Waals surface area contributed by atoms with Gasteiger partial charge in [0.1, 0.15) is 0 Å². The molecule has 3 heteroatoms. The smallest absolute Gasteiger partial charge is 0.0690 e. The number of methoxy groups -OCH3 is 1. The second-order valence-corrected chi connectivity index (χ2v) is 5.61. The fraction of sp³-hybridized carbons (Fsp3) is 1.00. The number of hydrogen-bond donors (Lipinski definition) is 1. The second-order valence-electron chi connectivity index (χ2n) is 5.61. The zero-order valence-electron chi connectivity index (χ0n) is 10.2. The van der Waals surface area contributed by atoms with E-state index in [9.17, 15) is 0 Å². The van der Waals surface area contributed by atoms with Crippen LogP contribution in [0.15, 0.2) is 0 Å². The van der Waals surface area contributed by atoms with E-state index in [1.54, 1.807) is 7.11 Å². The molecule has 1 saturated heterocycles. The van der Waals surface area contributed by atoms with E-state index in [0.29, 0.717) is 17.6 Å². The molecule has 0 radical (unpaired) electrons. The van der Waals surface area contributed by atoms with Crippen molar-refractivity contribution < 1.29 is 9.47 Å². The van der Waals surface area contributed by atoms with Crippen LogP contribution in [0.2, 0.25) is 0 Å². The summed E-state index contributed by atoms with van der Waals surface area (Å²) < 4.78 is 11.1. The Morgan fingerprint density at radius 2 is 2.19 bits per heavy atom. The first-order valence-electron chi connectivity index (χ1n) is 6.72. The molecule has 2 saturated carbocycles. The van der Waals surface area contributed by atoms with Crippen LogP contribution in [-0.2, 0) is 9.47 Å². The van der Waals surface area contributed by atoms with E-state index >= 15 is 0 Å². The van der Waals surface area contributed by atoms with Gasteiger partial charge in [0.2, 0.25) is 0 Å². The fourth-order valence-electron chi connectivity index (χ4n) is 4.32. The average Bonchev–Trinajstić information content (AvgIpc) is 2.91. The Hall–Kier alpha value is -0.120. The Morgan fingerprint density at radius 3 is 2.94 bits per heavy atom. The molecule has 92 valence electrons. The SMILES string of the molecule is COCCNC1C2CCOC2C12CCCC2. The summed E-state index contributed by atoms with van der Waals surface area (Å²) in [6.45, 7) is 2.80. The minimum absolute atomic E-state index is 0.495. The highest BCUT2D eigenvalue weighted by molar-refractivity contribution is 5.16. The van der Waals surface area contributed by atoms with Crippen LogP contribution in [0.4, 0.5) is 0 Å². The van der Waals surface area contributed by atoms with Gasteiger partial charge in [-0.2, -0.15) is 0 Å². The predicted octanol–water partition coefficient (Wildman–Crippen LogP) is 1.57. The van der Waals surface area contributed by atoms with Gasteiger partial charge < -0.3 is 14.8 Å². The third-order valence-electron chi connectivity index (χ3n) is 4.96. The predicted molar refractivity (Wildman–Crippen MR) is 62.4 cm³/mol. The molecule has 3 unspecified atom stereocenters. The normalized spacial score (nSPS) is 39.9. The standard InChI is InChI=1S/C13H23NO2/c1-15-9-7-14-11-10-4-8-16-12(10)13(11)5-2-3-6-13/h10-12,14H,2-9H2,1H3. The highest BCUT2D eigenvalue weighted by Crippen LogP contribution is 2.60. The summed E-state index contributed by atoms with van der Waals surface area (Å²) in [6.07, 6.45) is 7.38. The lowest BCUT2D eigenvalue weighted by Crippen LogP contribution is -2.67. The summed E-state index contributed by atoms with van der Waals surface area (Å²) >= 11 is 0. The van der Waals surface area contributed by atoms with E-state index in [-0.39, 0.29) is 0 Å². The van der Waals surface area contributed by atoms with Crippen molar-refractivity contribution in [2.75, 3.05) is 26.9 Å². The minimum atomic E-state index is 0.495. The topological polar surface area (TPSA) is 30.5 Å². The number of ether oxygens (including phenoxy) is 2. The number of nitrogens with one attached hydrogen (secondary N) is 1. The van der Waals surface area contributed by atoms with Gasteiger partial charge >= 0.3 is 0 Å². The van der Waals surface area contributed by atoms with Crippen molar-refractivity contribution in [1.29, 1.82) is 0 Å². The van der Waals surface area contributed by atoms with Crippen molar-refractivity contribution in [3.8, 4) is 0 Å². The van der Waals surface area contributed by atoms with Crippen molar-refractivity contribution >= 4 is 0 Å². The fourth-order valence-corrected chi connectivity index (χ4v) is 4.32. The molecule has 0 bridgehead atoms. The highest BCUT2D eigenvalue weighted by atomic mass is 16.5. The zero-order chi connectivity index (χ0) is 11.0. The lowest BCUT2D eigenvalue weighted by Gasteiger charge is -2.57. The highest BCUT2D eigenvalue weighted by Gasteiger charge is 2.64. The molecule has 1 heterocycles. The Bertz CT molecular complexity index is 250. The molecule has 1 spiro atoms. The van der Waals surface area contributed by atoms with Gasteiger partial charge in [-0.25, -0.2) is 0 Å². The van der Waals surface area contributed by atoms with Crippen molar-refractivity contribution in [2.45, 2.75) is 44.2 Å². The molecule has 0 aromatic rings. The molecular formula is C13H23NO2. The van der Waals surface area contributed by atoms with Gasteiger partial charge in [0.05, 0.1) is 12.7 Å². The first-order valence-corrected chi connectivity index (χ1v) is 6.72. The number of fused-ring (bicyclic) bond motifs is 2. The van der Waals surface area contributed by atoms with Crippen molar-refractivity contribution in [2.24, 2.45) is 11.3 Å². The summed E-state index contributed by atoms with van der Waals surface area (Å²) in [4.78, 5) is 0. The first-order chi connectivity index (χ1) is 7.88. The molecule has 1 aliphatic heterocycles. The third-order valence-corrected chi connectivity index (χ3v) is 4.96. The van der Waals surface area contributed by atoms with E-state index in [1.165, 1.54) is 32.1 Å². The quantitative estimate of drug-likeness (QED) is 0.737. The zero-order valence-corrected chi connectivity index (χ0v) is 10.2. The van der Waals surface area contributed by atoms with Gasteiger partial charge in [0.15, 0.2) is 0 Å². The van der Waals surface area contributed by atoms with Gasteiger partial charge in [-0.1, -0.05) is 12.8 Å². The molecule has 3 aliphatic rings. The molecule has 0 aromatic heterocycles. The number of hydrogen-bond acceptors (Lipinski definition) is 3. The second kappa shape index (κ2) is 4.28. The Morgan fingerprint density at radius 1 is 1.38 bits per heavy atom. The Balaban J connectivity index is 1.65. The van der Waals surface area contributed by atoms with Crippen LogP contribution in [0.5, 0.6) is 0 Å². The maximum absolute atomic E-state index is 5.95. The van der Waals surface area contributed by atoms with E-state index in [4.69, 9.17) is 9.47 Å². The maximum atomic E-state index is 5.95. The van der Waals surface area contributed by atoms with Crippen LogP contribution >= 0.6 is 0 Å². The summed E-state index contributed by atoms with van der Waals surface area (Å²) in [6, 6.07) is 0.706.